The van der Waals surface area contributed by atoms with Gasteiger partial charge in [0.05, 0.1) is 11.6 Å². The van der Waals surface area contributed by atoms with Crippen molar-refractivity contribution >= 4 is 0 Å². The first-order chi connectivity index (χ1) is 7.39. The number of nitrogens with zero attached hydrogens (tertiary/aromatic N) is 1. The van der Waals surface area contributed by atoms with Crippen LogP contribution in [-0.4, -0.2) is 18.1 Å². The van der Waals surface area contributed by atoms with Crippen LogP contribution in [0.5, 0.6) is 0 Å². The van der Waals surface area contributed by atoms with Crippen molar-refractivity contribution in [2.75, 3.05) is 13.1 Å². The molecule has 1 aliphatic heterocycles. The summed E-state index contributed by atoms with van der Waals surface area (Å²) in [6.07, 6.45) is -4.46. The Morgan fingerprint density at radius 1 is 1.38 bits per heavy atom. The molecular formula is C10H13F3N2O. The van der Waals surface area contributed by atoms with Crippen LogP contribution in [0.15, 0.2) is 4.42 Å². The lowest BCUT2D eigenvalue weighted by molar-refractivity contribution is -0.154. The van der Waals surface area contributed by atoms with Crippen molar-refractivity contribution in [3.8, 4) is 0 Å². The molecule has 0 aliphatic carbocycles. The van der Waals surface area contributed by atoms with Gasteiger partial charge in [-0.3, -0.25) is 0 Å². The fourth-order valence-electron chi connectivity index (χ4n) is 1.58. The van der Waals surface area contributed by atoms with Gasteiger partial charge < -0.3 is 9.73 Å². The molecule has 16 heavy (non-hydrogen) atoms. The zero-order valence-electron chi connectivity index (χ0n) is 9.06. The fraction of sp³-hybridized carbons (Fsp3) is 0.700. The van der Waals surface area contributed by atoms with Gasteiger partial charge in [0.15, 0.2) is 0 Å². The predicted octanol–water partition coefficient (Wildman–Crippen LogP) is 2.50. The molecule has 2 heterocycles. The third-order valence-electron chi connectivity index (χ3n) is 2.60. The van der Waals surface area contributed by atoms with Gasteiger partial charge in [-0.25, -0.2) is 4.98 Å². The minimum atomic E-state index is -4.46. The maximum absolute atomic E-state index is 12.7. The van der Waals surface area contributed by atoms with E-state index in [0.29, 0.717) is 13.1 Å². The first-order valence-electron chi connectivity index (χ1n) is 5.18. The Hall–Kier alpha value is -1.04. The molecule has 1 aromatic heterocycles. The summed E-state index contributed by atoms with van der Waals surface area (Å²) in [5, 5.41) is 2.98. The van der Waals surface area contributed by atoms with Crippen molar-refractivity contribution < 1.29 is 17.6 Å². The van der Waals surface area contributed by atoms with Gasteiger partial charge in [-0.1, -0.05) is 13.8 Å². The van der Waals surface area contributed by atoms with Crippen molar-refractivity contribution in [2.45, 2.75) is 31.9 Å². The first-order valence-corrected chi connectivity index (χ1v) is 5.18. The molecule has 1 aromatic rings. The molecule has 0 saturated carbocycles. The lowest BCUT2D eigenvalue weighted by atomic mass is 10.0. The Kier molecular flexibility index (Phi) is 2.69. The number of hydrogen-bond acceptors (Lipinski definition) is 3. The van der Waals surface area contributed by atoms with Crippen molar-refractivity contribution in [3.63, 3.8) is 0 Å². The second-order valence-corrected chi connectivity index (χ2v) is 4.27. The van der Waals surface area contributed by atoms with E-state index in [1.165, 1.54) is 0 Å². The molecule has 1 fully saturated rings. The molecule has 3 nitrogen and oxygen atoms in total. The van der Waals surface area contributed by atoms with Crippen LogP contribution >= 0.6 is 0 Å². The van der Waals surface area contributed by atoms with E-state index in [9.17, 15) is 13.2 Å². The van der Waals surface area contributed by atoms with Crippen LogP contribution in [0, 0.1) is 0 Å². The number of alkyl halides is 3. The molecule has 0 aromatic carbocycles. The second kappa shape index (κ2) is 3.76. The van der Waals surface area contributed by atoms with E-state index in [1.807, 2.05) is 0 Å². The fourth-order valence-corrected chi connectivity index (χ4v) is 1.58. The van der Waals surface area contributed by atoms with E-state index < -0.39 is 11.9 Å². The highest BCUT2D eigenvalue weighted by atomic mass is 19.4. The third kappa shape index (κ3) is 1.93. The Morgan fingerprint density at radius 3 is 2.31 bits per heavy atom. The summed E-state index contributed by atoms with van der Waals surface area (Å²) in [5.74, 6) is -1.05. The monoisotopic (exact) mass is 234 g/mol. The predicted molar refractivity (Wildman–Crippen MR) is 51.2 cm³/mol. The lowest BCUT2D eigenvalue weighted by Gasteiger charge is -2.23. The highest BCUT2D eigenvalue weighted by Gasteiger charge is 2.41. The van der Waals surface area contributed by atoms with Crippen molar-refractivity contribution in [1.82, 2.24) is 10.3 Å². The molecule has 6 heteroatoms. The maximum atomic E-state index is 12.7. The maximum Gasteiger partial charge on any atom is 0.451 e. The summed E-state index contributed by atoms with van der Waals surface area (Å²) in [5.41, 5.74) is 0.00870. The number of aromatic nitrogens is 1. The van der Waals surface area contributed by atoms with Gasteiger partial charge in [0.25, 0.3) is 0 Å². The average molecular weight is 234 g/mol. The molecule has 2 rings (SSSR count). The van der Waals surface area contributed by atoms with E-state index in [-0.39, 0.29) is 23.4 Å². The van der Waals surface area contributed by atoms with Crippen LogP contribution in [0.3, 0.4) is 0 Å². The summed E-state index contributed by atoms with van der Waals surface area (Å²) in [6, 6.07) is 0. The third-order valence-corrected chi connectivity index (χ3v) is 2.60. The molecule has 90 valence electrons. The molecule has 1 saturated heterocycles. The average Bonchev–Trinajstić information content (AvgIpc) is 2.44. The van der Waals surface area contributed by atoms with Crippen LogP contribution in [-0.2, 0) is 6.18 Å². The number of rotatable bonds is 2. The van der Waals surface area contributed by atoms with Gasteiger partial charge in [0, 0.05) is 13.1 Å². The Bertz CT molecular complexity index is 380. The van der Waals surface area contributed by atoms with Gasteiger partial charge in [0.2, 0.25) is 11.7 Å². The van der Waals surface area contributed by atoms with Gasteiger partial charge in [0.1, 0.15) is 0 Å². The van der Waals surface area contributed by atoms with Crippen LogP contribution < -0.4 is 5.32 Å². The van der Waals surface area contributed by atoms with Crippen LogP contribution in [0.2, 0.25) is 0 Å². The molecule has 1 aliphatic rings. The van der Waals surface area contributed by atoms with Gasteiger partial charge in [-0.05, 0) is 5.92 Å². The van der Waals surface area contributed by atoms with Crippen LogP contribution in [0.25, 0.3) is 0 Å². The van der Waals surface area contributed by atoms with Gasteiger partial charge >= 0.3 is 6.18 Å². The van der Waals surface area contributed by atoms with Crippen LogP contribution in [0.4, 0.5) is 13.2 Å². The van der Waals surface area contributed by atoms with Gasteiger partial charge in [-0.15, -0.1) is 0 Å². The quantitative estimate of drug-likeness (QED) is 0.854. The topological polar surface area (TPSA) is 38.1 Å². The second-order valence-electron chi connectivity index (χ2n) is 4.27. The highest BCUT2D eigenvalue weighted by Crippen LogP contribution is 2.37. The standard InChI is InChI=1S/C10H13F3N2O/c1-5(2)7-8(10(11,12)13)16-9(15-7)6-3-14-4-6/h5-6,14H,3-4H2,1-2H3. The van der Waals surface area contributed by atoms with Crippen molar-refractivity contribution in [2.24, 2.45) is 0 Å². The summed E-state index contributed by atoms with van der Waals surface area (Å²) in [6.45, 7) is 4.62. The van der Waals surface area contributed by atoms with E-state index in [2.05, 4.69) is 10.3 Å². The normalized spacial score (nSPS) is 17.9. The molecule has 0 bridgehead atoms. The Balaban J connectivity index is 2.37. The van der Waals surface area contributed by atoms with E-state index >= 15 is 0 Å². The largest absolute Gasteiger partial charge is 0.451 e. The molecule has 0 unspecified atom stereocenters. The summed E-state index contributed by atoms with van der Waals surface area (Å²) >= 11 is 0. The minimum Gasteiger partial charge on any atom is -0.435 e. The lowest BCUT2D eigenvalue weighted by Crippen LogP contribution is -2.40. The smallest absolute Gasteiger partial charge is 0.435 e. The number of halogens is 3. The minimum absolute atomic E-state index is 0.00870. The zero-order chi connectivity index (χ0) is 11.9. The Morgan fingerprint density at radius 2 is 2.00 bits per heavy atom. The number of oxazole rings is 1. The molecule has 0 spiro atoms. The Labute approximate surface area is 91.0 Å². The first kappa shape index (κ1) is 11.4. The van der Waals surface area contributed by atoms with Crippen molar-refractivity contribution in [1.29, 1.82) is 0 Å². The van der Waals surface area contributed by atoms with Gasteiger partial charge in [-0.2, -0.15) is 13.2 Å². The SMILES string of the molecule is CC(C)c1nc(C2CNC2)oc1C(F)(F)F. The van der Waals surface area contributed by atoms with E-state index in [0.717, 1.165) is 0 Å². The molecular weight excluding hydrogens is 221 g/mol. The summed E-state index contributed by atoms with van der Waals surface area (Å²) in [7, 11) is 0. The van der Waals surface area contributed by atoms with Crippen LogP contribution in [0.1, 0.15) is 43.0 Å². The number of nitrogens with one attached hydrogen (secondary N) is 1. The highest BCUT2D eigenvalue weighted by molar-refractivity contribution is 5.19. The number of hydrogen-bond donors (Lipinski definition) is 1. The molecule has 0 amide bonds. The zero-order valence-corrected chi connectivity index (χ0v) is 9.06. The van der Waals surface area contributed by atoms with E-state index in [4.69, 9.17) is 4.42 Å². The summed E-state index contributed by atoms with van der Waals surface area (Å²) < 4.78 is 42.8. The molecule has 0 radical (unpaired) electrons. The summed E-state index contributed by atoms with van der Waals surface area (Å²) in [4.78, 5) is 3.97. The van der Waals surface area contributed by atoms with Crippen molar-refractivity contribution in [3.05, 3.63) is 17.3 Å². The molecule has 1 N–H and O–H groups in total. The molecule has 0 atom stereocenters. The van der Waals surface area contributed by atoms with E-state index in [1.54, 1.807) is 13.8 Å².